The van der Waals surface area contributed by atoms with E-state index in [0.29, 0.717) is 31.7 Å². The van der Waals surface area contributed by atoms with Crippen molar-refractivity contribution in [3.8, 4) is 0 Å². The molecule has 2 rings (SSSR count). The van der Waals surface area contributed by atoms with Gasteiger partial charge in [0.05, 0.1) is 5.56 Å². The molecule has 1 saturated heterocycles. The van der Waals surface area contributed by atoms with Gasteiger partial charge < -0.3 is 14.5 Å². The van der Waals surface area contributed by atoms with Gasteiger partial charge in [-0.2, -0.15) is 0 Å². The highest BCUT2D eigenvalue weighted by Gasteiger charge is 2.25. The molecular formula is C15H19BrN2O3. The monoisotopic (exact) mass is 354 g/mol. The van der Waals surface area contributed by atoms with Gasteiger partial charge in [-0.1, -0.05) is 12.1 Å². The highest BCUT2D eigenvalue weighted by atomic mass is 79.9. The van der Waals surface area contributed by atoms with E-state index in [4.69, 9.17) is 4.74 Å². The van der Waals surface area contributed by atoms with Gasteiger partial charge in [-0.3, -0.25) is 9.59 Å². The summed E-state index contributed by atoms with van der Waals surface area (Å²) in [6, 6.07) is 5.66. The van der Waals surface area contributed by atoms with E-state index in [1.165, 1.54) is 7.11 Å². The van der Waals surface area contributed by atoms with Crippen LogP contribution in [0.4, 0.5) is 0 Å². The van der Waals surface area contributed by atoms with Crippen LogP contribution in [-0.2, 0) is 9.53 Å². The summed E-state index contributed by atoms with van der Waals surface area (Å²) in [5.41, 5.74) is 1.71. The molecule has 0 aliphatic carbocycles. The van der Waals surface area contributed by atoms with Gasteiger partial charge in [0.1, 0.15) is 6.61 Å². The van der Waals surface area contributed by atoms with Gasteiger partial charge in [0, 0.05) is 37.8 Å². The van der Waals surface area contributed by atoms with Crippen molar-refractivity contribution in [2.24, 2.45) is 0 Å². The van der Waals surface area contributed by atoms with E-state index in [0.717, 1.165) is 10.0 Å². The van der Waals surface area contributed by atoms with E-state index >= 15 is 0 Å². The van der Waals surface area contributed by atoms with Gasteiger partial charge in [-0.25, -0.2) is 0 Å². The first kappa shape index (κ1) is 16.0. The number of hydrogen-bond acceptors (Lipinski definition) is 3. The Kier molecular flexibility index (Phi) is 5.36. The zero-order valence-corrected chi connectivity index (χ0v) is 13.9. The van der Waals surface area contributed by atoms with E-state index in [9.17, 15) is 9.59 Å². The fraction of sp³-hybridized carbons (Fsp3) is 0.467. The number of benzene rings is 1. The molecule has 114 valence electrons. The zero-order chi connectivity index (χ0) is 15.4. The highest BCUT2D eigenvalue weighted by molar-refractivity contribution is 9.10. The normalized spacial score (nSPS) is 15.2. The van der Waals surface area contributed by atoms with Crippen LogP contribution in [0.5, 0.6) is 0 Å². The second-order valence-corrected chi connectivity index (χ2v) is 5.84. The quantitative estimate of drug-likeness (QED) is 0.829. The molecule has 0 saturated carbocycles. The lowest BCUT2D eigenvalue weighted by molar-refractivity contribution is -0.136. The fourth-order valence-corrected chi connectivity index (χ4v) is 2.79. The Balaban J connectivity index is 2.00. The summed E-state index contributed by atoms with van der Waals surface area (Å²) in [5, 5.41) is 0. The van der Waals surface area contributed by atoms with Crippen LogP contribution < -0.4 is 0 Å². The molecule has 0 spiro atoms. The van der Waals surface area contributed by atoms with Gasteiger partial charge in [0.25, 0.3) is 5.91 Å². The summed E-state index contributed by atoms with van der Waals surface area (Å²) in [7, 11) is 1.51. The molecular weight excluding hydrogens is 336 g/mol. The minimum Gasteiger partial charge on any atom is -0.375 e. The molecule has 0 unspecified atom stereocenters. The largest absolute Gasteiger partial charge is 0.375 e. The van der Waals surface area contributed by atoms with E-state index in [2.05, 4.69) is 15.9 Å². The maximum atomic E-state index is 12.5. The van der Waals surface area contributed by atoms with E-state index in [1.807, 2.05) is 25.1 Å². The van der Waals surface area contributed by atoms with Gasteiger partial charge in [-0.15, -0.1) is 0 Å². The van der Waals surface area contributed by atoms with Gasteiger partial charge in [-0.05, 0) is 34.5 Å². The molecule has 1 aromatic carbocycles. The number of aryl methyl sites for hydroxylation is 1. The molecule has 1 aliphatic heterocycles. The summed E-state index contributed by atoms with van der Waals surface area (Å²) >= 11 is 3.47. The number of halogens is 1. The maximum Gasteiger partial charge on any atom is 0.255 e. The number of piperazine rings is 1. The van der Waals surface area contributed by atoms with Crippen molar-refractivity contribution in [2.75, 3.05) is 39.9 Å². The molecule has 1 aromatic rings. The van der Waals surface area contributed by atoms with E-state index in [1.54, 1.807) is 9.80 Å². The Labute approximate surface area is 133 Å². The molecule has 1 aliphatic rings. The Morgan fingerprint density at radius 1 is 1.19 bits per heavy atom. The van der Waals surface area contributed by atoms with Gasteiger partial charge >= 0.3 is 0 Å². The number of nitrogens with zero attached hydrogens (tertiary/aromatic N) is 2. The zero-order valence-electron chi connectivity index (χ0n) is 12.3. The number of amides is 2. The minimum absolute atomic E-state index is 0.00409. The Morgan fingerprint density at radius 3 is 2.43 bits per heavy atom. The lowest BCUT2D eigenvalue weighted by Gasteiger charge is -2.34. The standard InChI is InChI=1S/C15H19BrN2O3/c1-11-4-3-5-12(14(11)16)15(20)18-8-6-17(7-9-18)13(19)10-21-2/h3-5H,6-10H2,1-2H3. The molecule has 5 nitrogen and oxygen atoms in total. The molecule has 0 bridgehead atoms. The van der Waals surface area contributed by atoms with Crippen LogP contribution >= 0.6 is 15.9 Å². The molecule has 2 amide bonds. The highest BCUT2D eigenvalue weighted by Crippen LogP contribution is 2.23. The molecule has 1 heterocycles. The second-order valence-electron chi connectivity index (χ2n) is 5.04. The van der Waals surface area contributed by atoms with Crippen molar-refractivity contribution < 1.29 is 14.3 Å². The molecule has 0 atom stereocenters. The maximum absolute atomic E-state index is 12.5. The minimum atomic E-state index is -0.0265. The fourth-order valence-electron chi connectivity index (χ4n) is 2.36. The lowest BCUT2D eigenvalue weighted by Crippen LogP contribution is -2.51. The Morgan fingerprint density at radius 2 is 1.81 bits per heavy atom. The van der Waals surface area contributed by atoms with Gasteiger partial charge in [0.15, 0.2) is 0 Å². The van der Waals surface area contributed by atoms with Gasteiger partial charge in [0.2, 0.25) is 5.91 Å². The Hall–Kier alpha value is -1.40. The topological polar surface area (TPSA) is 49.9 Å². The first-order valence-corrected chi connectivity index (χ1v) is 7.65. The molecule has 0 N–H and O–H groups in total. The molecule has 0 radical (unpaired) electrons. The number of carbonyl (C=O) groups excluding carboxylic acids is 2. The van der Waals surface area contributed by atoms with Crippen LogP contribution in [0.15, 0.2) is 22.7 Å². The molecule has 6 heteroatoms. The summed E-state index contributed by atoms with van der Waals surface area (Å²) in [6.45, 7) is 4.26. The average Bonchev–Trinajstić information content (AvgIpc) is 2.50. The van der Waals surface area contributed by atoms with E-state index < -0.39 is 0 Å². The van der Waals surface area contributed by atoms with Crippen LogP contribution in [0.1, 0.15) is 15.9 Å². The predicted octanol–water partition coefficient (Wildman–Crippen LogP) is 1.69. The number of rotatable bonds is 3. The molecule has 0 aromatic heterocycles. The lowest BCUT2D eigenvalue weighted by atomic mass is 10.1. The molecule has 1 fully saturated rings. The Bertz CT molecular complexity index is 540. The summed E-state index contributed by atoms with van der Waals surface area (Å²) in [5.74, 6) is -0.0225. The average molecular weight is 355 g/mol. The van der Waals surface area contributed by atoms with E-state index in [-0.39, 0.29) is 18.4 Å². The molecule has 21 heavy (non-hydrogen) atoms. The smallest absolute Gasteiger partial charge is 0.255 e. The van der Waals surface area contributed by atoms with Crippen LogP contribution in [-0.4, -0.2) is 61.5 Å². The van der Waals surface area contributed by atoms with Crippen molar-refractivity contribution in [1.29, 1.82) is 0 Å². The SMILES string of the molecule is COCC(=O)N1CCN(C(=O)c2cccc(C)c2Br)CC1. The van der Waals surface area contributed by atoms with Crippen molar-refractivity contribution in [3.05, 3.63) is 33.8 Å². The number of ether oxygens (including phenoxy) is 1. The first-order valence-electron chi connectivity index (χ1n) is 6.85. The van der Waals surface area contributed by atoms with Crippen LogP contribution in [0.3, 0.4) is 0 Å². The van der Waals surface area contributed by atoms with Crippen LogP contribution in [0, 0.1) is 6.92 Å². The first-order chi connectivity index (χ1) is 10.0. The summed E-state index contributed by atoms with van der Waals surface area (Å²) < 4.78 is 5.69. The number of carbonyl (C=O) groups is 2. The third-order valence-electron chi connectivity index (χ3n) is 3.61. The summed E-state index contributed by atoms with van der Waals surface area (Å²) in [6.07, 6.45) is 0. The van der Waals surface area contributed by atoms with Crippen molar-refractivity contribution in [3.63, 3.8) is 0 Å². The number of hydrogen-bond donors (Lipinski definition) is 0. The van der Waals surface area contributed by atoms with Crippen LogP contribution in [0.25, 0.3) is 0 Å². The third-order valence-corrected chi connectivity index (χ3v) is 4.66. The van der Waals surface area contributed by atoms with Crippen molar-refractivity contribution in [1.82, 2.24) is 9.80 Å². The summed E-state index contributed by atoms with van der Waals surface area (Å²) in [4.78, 5) is 27.8. The predicted molar refractivity (Wildman–Crippen MR) is 83.2 cm³/mol. The van der Waals surface area contributed by atoms with Crippen molar-refractivity contribution >= 4 is 27.7 Å². The number of methoxy groups -OCH3 is 1. The van der Waals surface area contributed by atoms with Crippen molar-refractivity contribution in [2.45, 2.75) is 6.92 Å². The van der Waals surface area contributed by atoms with Crippen LogP contribution in [0.2, 0.25) is 0 Å². The third kappa shape index (κ3) is 3.63. The second kappa shape index (κ2) is 7.04.